The highest BCUT2D eigenvalue weighted by Crippen LogP contribution is 2.36. The van der Waals surface area contributed by atoms with Crippen LogP contribution in [0, 0.1) is 0 Å². The standard InChI is InChI=1S/C24H29BrN2O5/c1-5-11-31-20-10-9-18(15-21(20)29-7-3)24(28)27-26-16-17-13-19(25)23(32-12-6-2)22(14-17)30-8-4/h6,9-10,13-16H,2,5,7-8,11-12H2,1,3-4H3,(H,27,28)/b26-16+. The molecule has 0 aliphatic carbocycles. The summed E-state index contributed by atoms with van der Waals surface area (Å²) < 4.78 is 23.3. The van der Waals surface area contributed by atoms with E-state index in [9.17, 15) is 4.79 Å². The van der Waals surface area contributed by atoms with Crippen molar-refractivity contribution in [1.82, 2.24) is 5.43 Å². The Bertz CT molecular complexity index is 946. The van der Waals surface area contributed by atoms with E-state index in [2.05, 4.69) is 33.0 Å². The second kappa shape index (κ2) is 13.4. The molecule has 0 spiro atoms. The predicted octanol–water partition coefficient (Wildman–Crippen LogP) is 5.36. The van der Waals surface area contributed by atoms with Crippen LogP contribution < -0.4 is 24.4 Å². The van der Waals surface area contributed by atoms with Crippen molar-refractivity contribution in [3.8, 4) is 23.0 Å². The van der Waals surface area contributed by atoms with Gasteiger partial charge in [-0.25, -0.2) is 5.43 Å². The molecule has 0 aliphatic heterocycles. The van der Waals surface area contributed by atoms with E-state index in [1.54, 1.807) is 30.3 Å². The van der Waals surface area contributed by atoms with Gasteiger partial charge in [0.05, 0.1) is 30.5 Å². The molecule has 172 valence electrons. The van der Waals surface area contributed by atoms with E-state index in [4.69, 9.17) is 18.9 Å². The Morgan fingerprint density at radius 1 is 1.03 bits per heavy atom. The van der Waals surface area contributed by atoms with Crippen molar-refractivity contribution in [3.63, 3.8) is 0 Å². The molecular formula is C24H29BrN2O5. The van der Waals surface area contributed by atoms with E-state index >= 15 is 0 Å². The Morgan fingerprint density at radius 2 is 1.78 bits per heavy atom. The molecule has 0 fully saturated rings. The molecule has 0 atom stereocenters. The first kappa shape index (κ1) is 25.3. The highest BCUT2D eigenvalue weighted by atomic mass is 79.9. The number of hydrogen-bond acceptors (Lipinski definition) is 6. The zero-order valence-corrected chi connectivity index (χ0v) is 20.2. The fraction of sp³-hybridized carbons (Fsp3) is 0.333. The molecule has 2 aromatic rings. The van der Waals surface area contributed by atoms with Crippen LogP contribution in [0.25, 0.3) is 0 Å². The molecule has 0 aliphatic rings. The van der Waals surface area contributed by atoms with Crippen molar-refractivity contribution in [3.05, 3.63) is 58.6 Å². The number of halogens is 1. The fourth-order valence-electron chi connectivity index (χ4n) is 2.69. The van der Waals surface area contributed by atoms with Gasteiger partial charge in [0.1, 0.15) is 6.61 Å². The SMILES string of the molecule is C=CCOc1c(Br)cc(/C=N/NC(=O)c2ccc(OCCC)c(OCC)c2)cc1OCC. The van der Waals surface area contributed by atoms with E-state index in [-0.39, 0.29) is 5.91 Å². The van der Waals surface area contributed by atoms with Crippen molar-refractivity contribution in [2.75, 3.05) is 26.4 Å². The molecule has 7 nitrogen and oxygen atoms in total. The third-order valence-electron chi connectivity index (χ3n) is 4.02. The minimum atomic E-state index is -0.362. The summed E-state index contributed by atoms with van der Waals surface area (Å²) in [6.07, 6.45) is 4.07. The second-order valence-corrected chi connectivity index (χ2v) is 7.36. The molecule has 0 bridgehead atoms. The number of amides is 1. The summed E-state index contributed by atoms with van der Waals surface area (Å²) >= 11 is 3.49. The lowest BCUT2D eigenvalue weighted by molar-refractivity contribution is 0.0954. The summed E-state index contributed by atoms with van der Waals surface area (Å²) in [4.78, 5) is 12.5. The molecule has 8 heteroatoms. The average Bonchev–Trinajstić information content (AvgIpc) is 2.78. The first-order valence-electron chi connectivity index (χ1n) is 10.5. The summed E-state index contributed by atoms with van der Waals surface area (Å²) in [6.45, 7) is 11.3. The zero-order valence-electron chi connectivity index (χ0n) is 18.7. The largest absolute Gasteiger partial charge is 0.490 e. The number of rotatable bonds is 13. The zero-order chi connectivity index (χ0) is 23.3. The molecule has 0 aromatic heterocycles. The summed E-state index contributed by atoms with van der Waals surface area (Å²) in [7, 11) is 0. The smallest absolute Gasteiger partial charge is 0.271 e. The second-order valence-electron chi connectivity index (χ2n) is 6.50. The van der Waals surface area contributed by atoms with Crippen molar-refractivity contribution >= 4 is 28.1 Å². The van der Waals surface area contributed by atoms with Gasteiger partial charge < -0.3 is 18.9 Å². The van der Waals surface area contributed by atoms with Crippen molar-refractivity contribution in [1.29, 1.82) is 0 Å². The fourth-order valence-corrected chi connectivity index (χ4v) is 3.26. The lowest BCUT2D eigenvalue weighted by Crippen LogP contribution is -2.17. The highest BCUT2D eigenvalue weighted by Gasteiger charge is 2.13. The van der Waals surface area contributed by atoms with Crippen LogP contribution in [-0.4, -0.2) is 38.5 Å². The van der Waals surface area contributed by atoms with E-state index in [1.165, 1.54) is 6.21 Å². The van der Waals surface area contributed by atoms with Gasteiger partial charge in [0.25, 0.3) is 5.91 Å². The van der Waals surface area contributed by atoms with Crippen LogP contribution in [0.1, 0.15) is 43.1 Å². The number of hydrogen-bond donors (Lipinski definition) is 1. The van der Waals surface area contributed by atoms with Crippen LogP contribution in [0.15, 0.2) is 52.6 Å². The first-order chi connectivity index (χ1) is 15.5. The van der Waals surface area contributed by atoms with Crippen molar-refractivity contribution < 1.29 is 23.7 Å². The minimum absolute atomic E-state index is 0.355. The number of nitrogens with zero attached hydrogens (tertiary/aromatic N) is 1. The molecule has 2 rings (SSSR count). The van der Waals surface area contributed by atoms with Crippen molar-refractivity contribution in [2.24, 2.45) is 5.10 Å². The Hall–Kier alpha value is -3.00. The molecule has 0 heterocycles. The van der Waals surface area contributed by atoms with Gasteiger partial charge in [0.2, 0.25) is 0 Å². The summed E-state index contributed by atoms with van der Waals surface area (Å²) in [6, 6.07) is 8.66. The first-order valence-corrected chi connectivity index (χ1v) is 11.3. The maximum absolute atomic E-state index is 12.5. The Balaban J connectivity index is 2.14. The molecule has 1 N–H and O–H groups in total. The molecule has 1 amide bonds. The normalized spacial score (nSPS) is 10.6. The Labute approximate surface area is 197 Å². The number of benzene rings is 2. The quantitative estimate of drug-likeness (QED) is 0.225. The number of hydrazone groups is 1. The maximum Gasteiger partial charge on any atom is 0.271 e. The molecule has 0 saturated carbocycles. The van der Waals surface area contributed by atoms with Crippen LogP contribution in [0.2, 0.25) is 0 Å². The maximum atomic E-state index is 12.5. The third-order valence-corrected chi connectivity index (χ3v) is 4.61. The van der Waals surface area contributed by atoms with E-state index in [0.29, 0.717) is 59.5 Å². The Morgan fingerprint density at radius 3 is 2.47 bits per heavy atom. The van der Waals surface area contributed by atoms with Gasteiger partial charge in [-0.1, -0.05) is 19.6 Å². The lowest BCUT2D eigenvalue weighted by Gasteiger charge is -2.13. The van der Waals surface area contributed by atoms with Crippen molar-refractivity contribution in [2.45, 2.75) is 27.2 Å². The van der Waals surface area contributed by atoms with Gasteiger partial charge in [-0.15, -0.1) is 0 Å². The third kappa shape index (κ3) is 7.30. The number of carbonyl (C=O) groups is 1. The summed E-state index contributed by atoms with van der Waals surface area (Å²) in [5.74, 6) is 1.93. The highest BCUT2D eigenvalue weighted by molar-refractivity contribution is 9.10. The van der Waals surface area contributed by atoms with E-state index in [0.717, 1.165) is 12.0 Å². The van der Waals surface area contributed by atoms with Gasteiger partial charge in [-0.2, -0.15) is 5.10 Å². The van der Waals surface area contributed by atoms with Gasteiger partial charge >= 0.3 is 0 Å². The van der Waals surface area contributed by atoms with Crippen LogP contribution in [0.4, 0.5) is 0 Å². The van der Waals surface area contributed by atoms with Gasteiger partial charge in [-0.3, -0.25) is 4.79 Å². The molecule has 2 aromatic carbocycles. The predicted molar refractivity (Wildman–Crippen MR) is 129 cm³/mol. The van der Waals surface area contributed by atoms with E-state index in [1.807, 2.05) is 26.8 Å². The van der Waals surface area contributed by atoms with Crippen LogP contribution >= 0.6 is 15.9 Å². The summed E-state index contributed by atoms with van der Waals surface area (Å²) in [5, 5.41) is 4.07. The van der Waals surface area contributed by atoms with Gasteiger partial charge in [0.15, 0.2) is 23.0 Å². The van der Waals surface area contributed by atoms with Gasteiger partial charge in [0, 0.05) is 5.56 Å². The molecular weight excluding hydrogens is 476 g/mol. The monoisotopic (exact) mass is 504 g/mol. The molecule has 32 heavy (non-hydrogen) atoms. The lowest BCUT2D eigenvalue weighted by atomic mass is 10.2. The van der Waals surface area contributed by atoms with Crippen LogP contribution in [0.3, 0.4) is 0 Å². The topological polar surface area (TPSA) is 78.4 Å². The molecule has 0 saturated heterocycles. The number of carbonyl (C=O) groups excluding carboxylic acids is 1. The average molecular weight is 505 g/mol. The number of nitrogens with one attached hydrogen (secondary N) is 1. The summed E-state index contributed by atoms with van der Waals surface area (Å²) in [5.41, 5.74) is 3.68. The van der Waals surface area contributed by atoms with E-state index < -0.39 is 0 Å². The van der Waals surface area contributed by atoms with Crippen LogP contribution in [0.5, 0.6) is 23.0 Å². The minimum Gasteiger partial charge on any atom is -0.490 e. The van der Waals surface area contributed by atoms with Gasteiger partial charge in [-0.05, 0) is 72.1 Å². The van der Waals surface area contributed by atoms with Crippen LogP contribution in [-0.2, 0) is 0 Å². The molecule has 0 unspecified atom stereocenters. The molecule has 0 radical (unpaired) electrons. The number of ether oxygens (including phenoxy) is 4. The Kier molecular flexibility index (Phi) is 10.6.